The fourth-order valence-electron chi connectivity index (χ4n) is 1.99. The van der Waals surface area contributed by atoms with Gasteiger partial charge in [0.25, 0.3) is 0 Å². The fourth-order valence-corrected chi connectivity index (χ4v) is 1.99. The van der Waals surface area contributed by atoms with Gasteiger partial charge in [0.15, 0.2) is 0 Å². The molecule has 0 spiro atoms. The van der Waals surface area contributed by atoms with Crippen molar-refractivity contribution in [3.8, 4) is 0 Å². The molecule has 1 unspecified atom stereocenters. The zero-order chi connectivity index (χ0) is 13.0. The summed E-state index contributed by atoms with van der Waals surface area (Å²) < 4.78 is 5.24. The number of nitrogens with zero attached hydrogens (tertiary/aromatic N) is 1. The van der Waals surface area contributed by atoms with Gasteiger partial charge in [-0.05, 0) is 24.6 Å². The maximum Gasteiger partial charge on any atom is 0.322 e. The molecule has 0 aliphatic carbocycles. The first kappa shape index (κ1) is 12.9. The summed E-state index contributed by atoms with van der Waals surface area (Å²) in [6.07, 6.45) is 0. The molecule has 1 aliphatic heterocycles. The van der Waals surface area contributed by atoms with Gasteiger partial charge < -0.3 is 20.1 Å². The van der Waals surface area contributed by atoms with Crippen LogP contribution in [0.1, 0.15) is 5.56 Å². The molecule has 0 aromatic heterocycles. The average molecular weight is 250 g/mol. The van der Waals surface area contributed by atoms with Gasteiger partial charge in [0.05, 0.1) is 25.9 Å². The Morgan fingerprint density at radius 2 is 2.44 bits per heavy atom. The third-order valence-electron chi connectivity index (χ3n) is 2.97. The molecule has 5 nitrogen and oxygen atoms in total. The second-order valence-corrected chi connectivity index (χ2v) is 4.40. The Morgan fingerprint density at radius 3 is 3.17 bits per heavy atom. The lowest BCUT2D eigenvalue weighted by atomic mass is 10.2. The van der Waals surface area contributed by atoms with Crippen molar-refractivity contribution in [3.05, 3.63) is 29.8 Å². The molecule has 1 aliphatic rings. The van der Waals surface area contributed by atoms with Crippen LogP contribution in [0.3, 0.4) is 0 Å². The van der Waals surface area contributed by atoms with E-state index in [1.165, 1.54) is 0 Å². The second kappa shape index (κ2) is 5.84. The first-order valence-corrected chi connectivity index (χ1v) is 6.03. The summed E-state index contributed by atoms with van der Waals surface area (Å²) in [5.74, 6) is 0. The Kier molecular flexibility index (Phi) is 4.17. The maximum absolute atomic E-state index is 12.1. The molecule has 2 amide bonds. The number of urea groups is 1. The number of rotatable bonds is 2. The molecule has 1 aromatic rings. The first-order chi connectivity index (χ1) is 8.70. The molecule has 1 atom stereocenters. The Bertz CT molecular complexity index is 422. The lowest BCUT2D eigenvalue weighted by Crippen LogP contribution is -2.52. The zero-order valence-corrected chi connectivity index (χ0v) is 10.4. The van der Waals surface area contributed by atoms with Crippen LogP contribution in [0.2, 0.25) is 0 Å². The van der Waals surface area contributed by atoms with E-state index in [0.29, 0.717) is 19.8 Å². The number of anilines is 1. The number of aliphatic hydroxyl groups excluding tert-OH is 1. The smallest absolute Gasteiger partial charge is 0.322 e. The van der Waals surface area contributed by atoms with E-state index in [-0.39, 0.29) is 18.7 Å². The summed E-state index contributed by atoms with van der Waals surface area (Å²) in [4.78, 5) is 13.7. The molecule has 1 saturated heterocycles. The van der Waals surface area contributed by atoms with Crippen LogP contribution in [0.25, 0.3) is 0 Å². The molecule has 0 saturated carbocycles. The molecular formula is C13H18N2O3. The van der Waals surface area contributed by atoms with Crippen LogP contribution in [-0.4, -0.2) is 48.4 Å². The number of aryl methyl sites for hydroxylation is 1. The van der Waals surface area contributed by atoms with Crippen molar-refractivity contribution < 1.29 is 14.6 Å². The average Bonchev–Trinajstić information content (AvgIpc) is 2.38. The third-order valence-corrected chi connectivity index (χ3v) is 2.97. The van der Waals surface area contributed by atoms with Crippen LogP contribution in [-0.2, 0) is 4.74 Å². The molecule has 5 heteroatoms. The van der Waals surface area contributed by atoms with Crippen molar-refractivity contribution in [3.63, 3.8) is 0 Å². The van der Waals surface area contributed by atoms with E-state index in [0.717, 1.165) is 11.3 Å². The third kappa shape index (κ3) is 3.00. The molecule has 0 radical (unpaired) electrons. The van der Waals surface area contributed by atoms with Crippen LogP contribution in [0, 0.1) is 6.92 Å². The van der Waals surface area contributed by atoms with Crippen molar-refractivity contribution in [1.29, 1.82) is 0 Å². The number of benzene rings is 1. The van der Waals surface area contributed by atoms with Gasteiger partial charge in [-0.1, -0.05) is 12.1 Å². The summed E-state index contributed by atoms with van der Waals surface area (Å²) in [7, 11) is 0. The van der Waals surface area contributed by atoms with Crippen molar-refractivity contribution >= 4 is 11.7 Å². The topological polar surface area (TPSA) is 61.8 Å². The van der Waals surface area contributed by atoms with Gasteiger partial charge in [-0.2, -0.15) is 0 Å². The Balaban J connectivity index is 2.02. The van der Waals surface area contributed by atoms with E-state index >= 15 is 0 Å². The number of ether oxygens (including phenoxy) is 1. The lowest BCUT2D eigenvalue weighted by molar-refractivity contribution is -0.00485. The van der Waals surface area contributed by atoms with E-state index in [9.17, 15) is 9.90 Å². The predicted octanol–water partition coefficient (Wildman–Crippen LogP) is 1.22. The molecule has 1 aromatic carbocycles. The number of hydrogen-bond donors (Lipinski definition) is 2. The Hall–Kier alpha value is -1.59. The van der Waals surface area contributed by atoms with Gasteiger partial charge in [-0.3, -0.25) is 0 Å². The Morgan fingerprint density at radius 1 is 1.61 bits per heavy atom. The molecule has 2 rings (SSSR count). The number of morpholine rings is 1. The van der Waals surface area contributed by atoms with Crippen LogP contribution in [0.5, 0.6) is 0 Å². The van der Waals surface area contributed by atoms with E-state index in [1.807, 2.05) is 31.2 Å². The van der Waals surface area contributed by atoms with Crippen molar-refractivity contribution in [2.75, 3.05) is 31.7 Å². The van der Waals surface area contributed by atoms with Crippen LogP contribution in [0.4, 0.5) is 10.5 Å². The van der Waals surface area contributed by atoms with Gasteiger partial charge in [-0.15, -0.1) is 0 Å². The van der Waals surface area contributed by atoms with Gasteiger partial charge in [0.1, 0.15) is 0 Å². The summed E-state index contributed by atoms with van der Waals surface area (Å²) in [5, 5.41) is 12.1. The molecular weight excluding hydrogens is 232 g/mol. The molecule has 18 heavy (non-hydrogen) atoms. The molecule has 98 valence electrons. The van der Waals surface area contributed by atoms with Crippen LogP contribution in [0.15, 0.2) is 24.3 Å². The quantitative estimate of drug-likeness (QED) is 0.829. The largest absolute Gasteiger partial charge is 0.394 e. The minimum Gasteiger partial charge on any atom is -0.394 e. The minimum atomic E-state index is -0.261. The summed E-state index contributed by atoms with van der Waals surface area (Å²) in [5.41, 5.74) is 1.86. The highest BCUT2D eigenvalue weighted by molar-refractivity contribution is 5.89. The molecule has 0 bridgehead atoms. The minimum absolute atomic E-state index is 0.0821. The van der Waals surface area contributed by atoms with E-state index < -0.39 is 0 Å². The van der Waals surface area contributed by atoms with Crippen molar-refractivity contribution in [1.82, 2.24) is 4.90 Å². The SMILES string of the molecule is Cc1cccc(NC(=O)N2CCOCC2CO)c1. The number of carbonyl (C=O) groups is 1. The predicted molar refractivity (Wildman–Crippen MR) is 68.6 cm³/mol. The highest BCUT2D eigenvalue weighted by Gasteiger charge is 2.26. The standard InChI is InChI=1S/C13H18N2O3/c1-10-3-2-4-11(7-10)14-13(17)15-5-6-18-9-12(15)8-16/h2-4,7,12,16H,5-6,8-9H2,1H3,(H,14,17). The maximum atomic E-state index is 12.1. The zero-order valence-electron chi connectivity index (χ0n) is 10.4. The summed E-state index contributed by atoms with van der Waals surface area (Å²) in [6.45, 7) is 3.29. The number of hydrogen-bond acceptors (Lipinski definition) is 3. The van der Waals surface area contributed by atoms with E-state index in [4.69, 9.17) is 4.74 Å². The highest BCUT2D eigenvalue weighted by Crippen LogP contribution is 2.13. The van der Waals surface area contributed by atoms with Gasteiger partial charge >= 0.3 is 6.03 Å². The lowest BCUT2D eigenvalue weighted by Gasteiger charge is -2.34. The highest BCUT2D eigenvalue weighted by atomic mass is 16.5. The fraction of sp³-hybridized carbons (Fsp3) is 0.462. The molecule has 1 heterocycles. The number of aliphatic hydroxyl groups is 1. The summed E-state index contributed by atoms with van der Waals surface area (Å²) in [6, 6.07) is 7.17. The first-order valence-electron chi connectivity index (χ1n) is 6.03. The number of amides is 2. The molecule has 1 fully saturated rings. The van der Waals surface area contributed by atoms with E-state index in [1.54, 1.807) is 4.90 Å². The normalized spacial score (nSPS) is 19.7. The summed E-state index contributed by atoms with van der Waals surface area (Å²) >= 11 is 0. The van der Waals surface area contributed by atoms with Crippen LogP contribution < -0.4 is 5.32 Å². The van der Waals surface area contributed by atoms with Crippen LogP contribution >= 0.6 is 0 Å². The molecule has 2 N–H and O–H groups in total. The van der Waals surface area contributed by atoms with Gasteiger partial charge in [-0.25, -0.2) is 4.79 Å². The van der Waals surface area contributed by atoms with Crippen molar-refractivity contribution in [2.24, 2.45) is 0 Å². The number of nitrogens with one attached hydrogen (secondary N) is 1. The Labute approximate surface area is 106 Å². The van der Waals surface area contributed by atoms with Gasteiger partial charge in [0, 0.05) is 12.2 Å². The second-order valence-electron chi connectivity index (χ2n) is 4.40. The van der Waals surface area contributed by atoms with Crippen molar-refractivity contribution in [2.45, 2.75) is 13.0 Å². The number of carbonyl (C=O) groups excluding carboxylic acids is 1. The van der Waals surface area contributed by atoms with E-state index in [2.05, 4.69) is 5.32 Å². The van der Waals surface area contributed by atoms with Gasteiger partial charge in [0.2, 0.25) is 0 Å². The monoisotopic (exact) mass is 250 g/mol.